The van der Waals surface area contributed by atoms with E-state index in [9.17, 15) is 41.3 Å². The van der Waals surface area contributed by atoms with Gasteiger partial charge < -0.3 is 40.6 Å². The molecule has 1 heterocycles. The van der Waals surface area contributed by atoms with Crippen LogP contribution in [0.15, 0.2) is 111 Å². The third-order valence-corrected chi connectivity index (χ3v) is 19.9. The van der Waals surface area contributed by atoms with Gasteiger partial charge in [0.1, 0.15) is 11.9 Å². The fourth-order valence-electron chi connectivity index (χ4n) is 10.1. The molecule has 1 saturated heterocycles. The molecule has 2 amide bonds. The van der Waals surface area contributed by atoms with Gasteiger partial charge in [0.2, 0.25) is 0 Å². The van der Waals surface area contributed by atoms with Gasteiger partial charge in [0, 0.05) is 79.0 Å². The summed E-state index contributed by atoms with van der Waals surface area (Å²) >= 11 is 3.11. The Bertz CT molecular complexity index is 2960. The summed E-state index contributed by atoms with van der Waals surface area (Å²) in [6, 6.07) is 25.2. The molecule has 24 heteroatoms. The van der Waals surface area contributed by atoms with E-state index in [-0.39, 0.29) is 89.9 Å². The third-order valence-electron chi connectivity index (χ3n) is 14.9. The quantitative estimate of drug-likeness (QED) is 0.0194. The lowest BCUT2D eigenvalue weighted by atomic mass is 9.79. The molecular formula is C56H72F3N8O9S4-. The van der Waals surface area contributed by atoms with Crippen LogP contribution in [0, 0.1) is 28.3 Å². The Hall–Kier alpha value is -5.10. The summed E-state index contributed by atoms with van der Waals surface area (Å²) < 4.78 is 115. The second kappa shape index (κ2) is 29.2. The fourth-order valence-corrected chi connectivity index (χ4v) is 14.2. The predicted octanol–water partition coefficient (Wildman–Crippen LogP) is 9.08. The molecule has 0 radical (unpaired) electrons. The second-order valence-corrected chi connectivity index (χ2v) is 26.5. The largest absolute Gasteiger partial charge is 0.761 e. The maximum atomic E-state index is 16.5. The number of rotatable bonds is 29. The molecule has 2 saturated carbocycles. The monoisotopic (exact) mass is 1190 g/mol. The maximum Gasteiger partial charge on any atom is 0.271 e. The van der Waals surface area contributed by atoms with Crippen LogP contribution in [0.3, 0.4) is 0 Å². The zero-order valence-electron chi connectivity index (χ0n) is 45.1. The highest BCUT2D eigenvalue weighted by atomic mass is 32.2. The zero-order chi connectivity index (χ0) is 57.3. The van der Waals surface area contributed by atoms with Crippen LogP contribution < -0.4 is 25.6 Å². The second-order valence-electron chi connectivity index (χ2n) is 20.9. The number of nitriles is 1. The molecule has 3 aliphatic rings. The number of nitrogens with one attached hydrogen (secondary N) is 5. The van der Waals surface area contributed by atoms with E-state index >= 15 is 8.78 Å². The van der Waals surface area contributed by atoms with E-state index in [2.05, 4.69) is 15.5 Å². The zero-order valence-corrected chi connectivity index (χ0v) is 48.4. The minimum atomic E-state index is -4.60. The fraction of sp³-hybridized carbons (Fsp3) is 0.518. The summed E-state index contributed by atoms with van der Waals surface area (Å²) in [5, 5.41) is 29.2. The molecule has 7 rings (SSSR count). The van der Waals surface area contributed by atoms with E-state index in [0.29, 0.717) is 68.1 Å². The van der Waals surface area contributed by atoms with Crippen molar-refractivity contribution in [3.63, 3.8) is 0 Å². The Labute approximate surface area is 476 Å². The highest BCUT2D eigenvalue weighted by molar-refractivity contribution is 7.99. The van der Waals surface area contributed by atoms with Gasteiger partial charge in [0.25, 0.3) is 31.9 Å². The van der Waals surface area contributed by atoms with E-state index in [1.54, 1.807) is 31.0 Å². The number of hydrogen-bond donors (Lipinski definition) is 5. The van der Waals surface area contributed by atoms with Crippen molar-refractivity contribution in [2.45, 2.75) is 126 Å². The van der Waals surface area contributed by atoms with Crippen molar-refractivity contribution >= 4 is 72.4 Å². The van der Waals surface area contributed by atoms with Crippen molar-refractivity contribution in [1.29, 1.82) is 5.26 Å². The number of anilines is 3. The number of methoxy groups -OCH3 is 1. The number of thioether (sulfide) groups is 2. The average Bonchev–Trinajstić information content (AvgIpc) is 3.95. The number of carbonyl (C=O) groups is 2. The van der Waals surface area contributed by atoms with Gasteiger partial charge in [-0.25, -0.2) is 39.5 Å². The van der Waals surface area contributed by atoms with E-state index in [0.717, 1.165) is 60.8 Å². The molecule has 436 valence electrons. The van der Waals surface area contributed by atoms with Crippen molar-refractivity contribution < 1.29 is 49.1 Å². The summed E-state index contributed by atoms with van der Waals surface area (Å²) in [7, 11) is -5.51. The average molecular weight is 1190 g/mol. The predicted molar refractivity (Wildman–Crippen MR) is 306 cm³/mol. The Balaban J connectivity index is 0.897. The van der Waals surface area contributed by atoms with Crippen molar-refractivity contribution in [1.82, 2.24) is 19.2 Å². The number of ether oxygens (including phenoxy) is 2. The summed E-state index contributed by atoms with van der Waals surface area (Å²) in [4.78, 5) is 31.8. The molecule has 17 nitrogen and oxygen atoms in total. The molecule has 0 spiro atoms. The minimum Gasteiger partial charge on any atom is -0.761 e. The van der Waals surface area contributed by atoms with Crippen LogP contribution in [0.1, 0.15) is 82.6 Å². The topological polar surface area (TPSA) is 234 Å². The SMILES string of the molecule is CO[C@@H]1CCN(CC[C@H](CSc2ccccc2)Nc2ccc(S(=O)(=O)NC(=O)C3(F)CCCC(COCCN(C)CC[C@H](CSc4ccc(F)cc4)Nc4ccc(S(=O)(=O)NC(=O)C5(F)CCCCC5)cc4C#N)C3)cc2N[O-])C1. The molecule has 0 aromatic heterocycles. The Morgan fingerprint density at radius 3 is 2.05 bits per heavy atom. The standard InChI is InChI=1S/C56H72F3N8O9S4/c1-66(27-21-43(38-78-47-15-13-42(57)14-16-47)61-50-19-17-48(32-41(50)35-60)79(71,72)64-53(68)55(58)24-7-4-8-25-55)30-31-76-37-40-10-9-26-56(59,34-40)54(69)65-80(73,74)49-18-20-51(52(33-49)63-70)62-44(39-77-46-11-5-3-6-12-46)22-28-67-29-23-45(36-67)75-2/h3,5-6,11-20,32-33,40,43-45,61-63H,4,7-10,21-31,34,36-39H2,1-2H3,(H,64,68)(H,65,69)/q-1/t40?,43-,44-,45-,56?/m1/s1. The van der Waals surface area contributed by atoms with Crippen LogP contribution in [-0.2, 0) is 39.1 Å². The van der Waals surface area contributed by atoms with E-state index in [1.807, 2.05) is 63.3 Å². The first-order valence-corrected chi connectivity index (χ1v) is 31.9. The highest BCUT2D eigenvalue weighted by Gasteiger charge is 2.45. The van der Waals surface area contributed by atoms with Crippen molar-refractivity contribution in [2.24, 2.45) is 5.92 Å². The van der Waals surface area contributed by atoms with Gasteiger partial charge >= 0.3 is 0 Å². The van der Waals surface area contributed by atoms with Gasteiger partial charge in [-0.15, -0.1) is 23.5 Å². The third kappa shape index (κ3) is 17.9. The summed E-state index contributed by atoms with van der Waals surface area (Å²) in [6.45, 7) is 3.89. The van der Waals surface area contributed by atoms with Crippen LogP contribution in [0.5, 0.6) is 0 Å². The van der Waals surface area contributed by atoms with Gasteiger partial charge in [-0.1, -0.05) is 24.6 Å². The molecule has 4 aromatic rings. The lowest BCUT2D eigenvalue weighted by molar-refractivity contribution is -0.135. The molecule has 2 unspecified atom stereocenters. The number of likely N-dealkylation sites (tertiary alicyclic amines) is 1. The Morgan fingerprint density at radius 2 is 1.40 bits per heavy atom. The molecule has 80 heavy (non-hydrogen) atoms. The van der Waals surface area contributed by atoms with Crippen LogP contribution >= 0.6 is 23.5 Å². The molecule has 1 aliphatic heterocycles. The minimum absolute atomic E-state index is 0.0143. The van der Waals surface area contributed by atoms with Crippen molar-refractivity contribution in [3.8, 4) is 6.07 Å². The van der Waals surface area contributed by atoms with Crippen molar-refractivity contribution in [3.05, 3.63) is 108 Å². The molecule has 5 N–H and O–H groups in total. The first kappa shape index (κ1) is 62.5. The number of alkyl halides is 2. The van der Waals surface area contributed by atoms with Gasteiger partial charge in [-0.05, 0) is 163 Å². The Kier molecular flexibility index (Phi) is 22.8. The lowest BCUT2D eigenvalue weighted by Gasteiger charge is -2.33. The molecular weight excluding hydrogens is 1110 g/mol. The lowest BCUT2D eigenvalue weighted by Crippen LogP contribution is -2.48. The number of hydrogen-bond acceptors (Lipinski definition) is 17. The number of nitrogens with zero attached hydrogens (tertiary/aromatic N) is 3. The molecule has 5 atom stereocenters. The molecule has 4 aromatic carbocycles. The summed E-state index contributed by atoms with van der Waals surface area (Å²) in [5.74, 6) is -2.14. The first-order chi connectivity index (χ1) is 38.3. The van der Waals surface area contributed by atoms with Crippen molar-refractivity contribution in [2.75, 3.05) is 87.7 Å². The number of benzene rings is 4. The smallest absolute Gasteiger partial charge is 0.271 e. The van der Waals surface area contributed by atoms with Gasteiger partial charge in [0.15, 0.2) is 11.3 Å². The summed E-state index contributed by atoms with van der Waals surface area (Å²) in [5.41, 5.74) is -2.28. The van der Waals surface area contributed by atoms with Crippen LogP contribution in [0.4, 0.5) is 30.2 Å². The highest BCUT2D eigenvalue weighted by Crippen LogP contribution is 2.38. The van der Waals surface area contributed by atoms with Gasteiger partial charge in [-0.3, -0.25) is 9.59 Å². The first-order valence-electron chi connectivity index (χ1n) is 27.0. The van der Waals surface area contributed by atoms with Crippen LogP contribution in [-0.4, -0.2) is 140 Å². The van der Waals surface area contributed by atoms with Gasteiger partial charge in [-0.2, -0.15) is 5.26 Å². The summed E-state index contributed by atoms with van der Waals surface area (Å²) in [6.07, 6.45) is 4.38. The normalized spacial score (nSPS) is 20.3. The number of amides is 2. The van der Waals surface area contributed by atoms with E-state index in [1.165, 1.54) is 48.2 Å². The van der Waals surface area contributed by atoms with Crippen LogP contribution in [0.25, 0.3) is 0 Å². The van der Waals surface area contributed by atoms with E-state index in [4.69, 9.17) is 9.47 Å². The Morgan fingerprint density at radius 1 is 0.787 bits per heavy atom. The number of sulfonamides is 2. The molecule has 2 aliphatic carbocycles. The number of likely N-dealkylation sites (N-methyl/N-ethyl adjacent to an activating group) is 1. The van der Waals surface area contributed by atoms with E-state index < -0.39 is 43.2 Å². The number of halogens is 3. The molecule has 0 bridgehead atoms. The maximum absolute atomic E-state index is 16.5. The van der Waals surface area contributed by atoms with Gasteiger partial charge in [0.05, 0.1) is 39.4 Å². The molecule has 3 fully saturated rings. The number of carbonyl (C=O) groups excluding carboxylic acids is 2. The van der Waals surface area contributed by atoms with Crippen LogP contribution in [0.2, 0.25) is 0 Å².